The van der Waals surface area contributed by atoms with Crippen molar-refractivity contribution in [3.8, 4) is 11.3 Å². The van der Waals surface area contributed by atoms with E-state index in [0.29, 0.717) is 5.92 Å². The molecule has 0 amide bonds. The lowest BCUT2D eigenvalue weighted by atomic mass is 10.1. The fourth-order valence-corrected chi connectivity index (χ4v) is 2.97. The summed E-state index contributed by atoms with van der Waals surface area (Å²) in [6.07, 6.45) is 0. The molecule has 0 radical (unpaired) electrons. The van der Waals surface area contributed by atoms with Gasteiger partial charge in [-0.3, -0.25) is 4.98 Å². The number of hydrogen-bond acceptors (Lipinski definition) is 2. The molecule has 1 aromatic carbocycles. The van der Waals surface area contributed by atoms with Gasteiger partial charge in [-0.25, -0.2) is 0 Å². The van der Waals surface area contributed by atoms with Gasteiger partial charge in [-0.2, -0.15) is 0 Å². The summed E-state index contributed by atoms with van der Waals surface area (Å²) >= 11 is 7.78. The Kier molecular flexibility index (Phi) is 4.89. The molecule has 0 saturated carbocycles. The first kappa shape index (κ1) is 14.4. The average molecular weight is 292 g/mol. The molecule has 2 rings (SSSR count). The van der Waals surface area contributed by atoms with Crippen LogP contribution < -0.4 is 0 Å². The van der Waals surface area contributed by atoms with Gasteiger partial charge in [0.2, 0.25) is 0 Å². The van der Waals surface area contributed by atoms with Crippen molar-refractivity contribution in [1.29, 1.82) is 0 Å². The summed E-state index contributed by atoms with van der Waals surface area (Å²) in [5.74, 6) is 1.50. The number of halogens is 1. The van der Waals surface area contributed by atoms with Crippen molar-refractivity contribution in [2.45, 2.75) is 31.6 Å². The maximum atomic E-state index is 5.92. The van der Waals surface area contributed by atoms with E-state index >= 15 is 0 Å². The zero-order valence-corrected chi connectivity index (χ0v) is 13.1. The Balaban J connectivity index is 2.42. The third kappa shape index (κ3) is 3.52. The van der Waals surface area contributed by atoms with Gasteiger partial charge in [0.1, 0.15) is 0 Å². The highest BCUT2D eigenvalue weighted by molar-refractivity contribution is 7.99. The fraction of sp³-hybridized carbons (Fsp3) is 0.312. The van der Waals surface area contributed by atoms with Crippen molar-refractivity contribution < 1.29 is 0 Å². The van der Waals surface area contributed by atoms with E-state index in [9.17, 15) is 0 Å². The van der Waals surface area contributed by atoms with E-state index in [4.69, 9.17) is 16.6 Å². The van der Waals surface area contributed by atoms with E-state index < -0.39 is 0 Å². The van der Waals surface area contributed by atoms with Gasteiger partial charge >= 0.3 is 0 Å². The second-order valence-electron chi connectivity index (χ2n) is 4.67. The van der Waals surface area contributed by atoms with Crippen molar-refractivity contribution in [1.82, 2.24) is 4.98 Å². The molecule has 2 aromatic rings. The lowest BCUT2D eigenvalue weighted by Gasteiger charge is -2.13. The van der Waals surface area contributed by atoms with Crippen LogP contribution in [0, 0.1) is 0 Å². The molecule has 100 valence electrons. The second kappa shape index (κ2) is 6.44. The molecule has 19 heavy (non-hydrogen) atoms. The molecule has 1 aromatic heterocycles. The van der Waals surface area contributed by atoms with Crippen LogP contribution >= 0.6 is 23.4 Å². The Bertz CT molecular complexity index is 549. The van der Waals surface area contributed by atoms with Crippen molar-refractivity contribution in [3.63, 3.8) is 0 Å². The molecule has 0 saturated heterocycles. The van der Waals surface area contributed by atoms with Crippen LogP contribution in [0.2, 0.25) is 5.02 Å². The molecule has 0 N–H and O–H groups in total. The van der Waals surface area contributed by atoms with Gasteiger partial charge in [-0.1, -0.05) is 44.5 Å². The monoisotopic (exact) mass is 291 g/mol. The first-order valence-corrected chi connectivity index (χ1v) is 7.88. The van der Waals surface area contributed by atoms with Crippen molar-refractivity contribution in [2.24, 2.45) is 0 Å². The lowest BCUT2D eigenvalue weighted by Crippen LogP contribution is -1.98. The van der Waals surface area contributed by atoms with Crippen LogP contribution in [-0.4, -0.2) is 10.7 Å². The summed E-state index contributed by atoms with van der Waals surface area (Å²) in [5.41, 5.74) is 3.31. The Morgan fingerprint density at radius 2 is 1.79 bits per heavy atom. The third-order valence-electron chi connectivity index (χ3n) is 2.87. The second-order valence-corrected chi connectivity index (χ2v) is 6.42. The minimum atomic E-state index is 0.432. The third-order valence-corrected chi connectivity index (χ3v) is 4.07. The minimum Gasteiger partial charge on any atom is -0.251 e. The molecular weight excluding hydrogens is 274 g/mol. The predicted molar refractivity (Wildman–Crippen MR) is 85.2 cm³/mol. The first-order chi connectivity index (χ1) is 9.11. The van der Waals surface area contributed by atoms with Crippen molar-refractivity contribution in [2.75, 3.05) is 5.75 Å². The van der Waals surface area contributed by atoms with Gasteiger partial charge in [0, 0.05) is 15.5 Å². The van der Waals surface area contributed by atoms with Gasteiger partial charge in [0.05, 0.1) is 11.4 Å². The van der Waals surface area contributed by atoms with Gasteiger partial charge in [-0.15, -0.1) is 11.8 Å². The molecule has 3 heteroatoms. The molecule has 0 aliphatic heterocycles. The minimum absolute atomic E-state index is 0.432. The van der Waals surface area contributed by atoms with E-state index in [1.807, 2.05) is 36.0 Å². The zero-order chi connectivity index (χ0) is 13.8. The van der Waals surface area contributed by atoms with Crippen LogP contribution in [0.1, 0.15) is 32.4 Å². The number of benzene rings is 1. The smallest absolute Gasteiger partial charge is 0.0706 e. The van der Waals surface area contributed by atoms with Crippen LogP contribution in [0.4, 0.5) is 0 Å². The predicted octanol–water partition coefficient (Wildman–Crippen LogP) is 5.64. The topological polar surface area (TPSA) is 12.9 Å². The largest absolute Gasteiger partial charge is 0.251 e. The number of nitrogens with zero attached hydrogens (tertiary/aromatic N) is 1. The molecule has 0 spiro atoms. The number of thioether (sulfide) groups is 1. The van der Waals surface area contributed by atoms with Gasteiger partial charge in [0.25, 0.3) is 0 Å². The van der Waals surface area contributed by atoms with E-state index in [1.54, 1.807) is 0 Å². The van der Waals surface area contributed by atoms with E-state index in [2.05, 4.69) is 32.9 Å². The van der Waals surface area contributed by atoms with E-state index in [1.165, 1.54) is 10.6 Å². The lowest BCUT2D eigenvalue weighted by molar-refractivity contribution is 0.797. The van der Waals surface area contributed by atoms with Crippen LogP contribution in [0.5, 0.6) is 0 Å². The number of rotatable bonds is 4. The van der Waals surface area contributed by atoms with Crippen molar-refractivity contribution in [3.05, 3.63) is 47.1 Å². The number of pyridine rings is 1. The van der Waals surface area contributed by atoms with Crippen LogP contribution in [0.3, 0.4) is 0 Å². The number of hydrogen-bond donors (Lipinski definition) is 0. The highest BCUT2D eigenvalue weighted by Crippen LogP contribution is 2.30. The Hall–Kier alpha value is -0.990. The van der Waals surface area contributed by atoms with Gasteiger partial charge < -0.3 is 0 Å². The quantitative estimate of drug-likeness (QED) is 0.676. The molecule has 1 nitrogen and oxygen atoms in total. The van der Waals surface area contributed by atoms with Gasteiger partial charge in [0.15, 0.2) is 0 Å². The molecule has 0 aliphatic rings. The summed E-state index contributed by atoms with van der Waals surface area (Å²) in [5, 5.41) is 0.756. The molecule has 0 aliphatic carbocycles. The highest BCUT2D eigenvalue weighted by Gasteiger charge is 2.10. The molecule has 0 unspecified atom stereocenters. The summed E-state index contributed by atoms with van der Waals surface area (Å²) in [6, 6.07) is 12.1. The fourth-order valence-electron chi connectivity index (χ4n) is 1.93. The molecular formula is C16H18ClNS. The van der Waals surface area contributed by atoms with Crippen LogP contribution in [0.15, 0.2) is 41.3 Å². The summed E-state index contributed by atoms with van der Waals surface area (Å²) < 4.78 is 0. The Morgan fingerprint density at radius 1 is 1.11 bits per heavy atom. The summed E-state index contributed by atoms with van der Waals surface area (Å²) in [6.45, 7) is 6.54. The molecule has 1 heterocycles. The van der Waals surface area contributed by atoms with Crippen LogP contribution in [0.25, 0.3) is 11.3 Å². The maximum Gasteiger partial charge on any atom is 0.0706 e. The summed E-state index contributed by atoms with van der Waals surface area (Å²) in [4.78, 5) is 6.11. The van der Waals surface area contributed by atoms with Gasteiger partial charge in [-0.05, 0) is 35.9 Å². The summed E-state index contributed by atoms with van der Waals surface area (Å²) in [7, 11) is 0. The molecule has 0 bridgehead atoms. The Morgan fingerprint density at radius 3 is 2.37 bits per heavy atom. The normalized spacial score (nSPS) is 11.0. The van der Waals surface area contributed by atoms with Crippen molar-refractivity contribution >= 4 is 23.4 Å². The van der Waals surface area contributed by atoms with E-state index in [-0.39, 0.29) is 0 Å². The SMILES string of the molecule is CCSc1ccc(-c2ccc(Cl)cc2)nc1C(C)C. The maximum absolute atomic E-state index is 5.92. The zero-order valence-electron chi connectivity index (χ0n) is 11.5. The standard InChI is InChI=1S/C16H18ClNS/c1-4-19-15-10-9-14(18-16(15)11(2)3)12-5-7-13(17)8-6-12/h5-11H,4H2,1-3H3. The first-order valence-electron chi connectivity index (χ1n) is 6.51. The van der Waals surface area contributed by atoms with E-state index in [0.717, 1.165) is 22.0 Å². The molecule has 0 fully saturated rings. The van der Waals surface area contributed by atoms with Crippen LogP contribution in [-0.2, 0) is 0 Å². The highest BCUT2D eigenvalue weighted by atomic mass is 35.5. The number of aromatic nitrogens is 1. The molecule has 0 atom stereocenters. The average Bonchev–Trinajstić information content (AvgIpc) is 2.40. The Labute approximate surface area is 124 Å².